The molecule has 0 aliphatic carbocycles. The van der Waals surface area contributed by atoms with Crippen LogP contribution in [0, 0.1) is 0 Å². The molecule has 0 spiro atoms. The zero-order valence-electron chi connectivity index (χ0n) is 19.8. The summed E-state index contributed by atoms with van der Waals surface area (Å²) in [5.41, 5.74) is -0.365. The molecule has 1 radical (unpaired) electrons. The fourth-order valence-corrected chi connectivity index (χ4v) is 8.97. The van der Waals surface area contributed by atoms with Crippen molar-refractivity contribution < 1.29 is 82.1 Å². The SMILES string of the molecule is FC(F)(F)C(F)(F)C(F)(F)[C](F)(F)[Sn]([O]CC(c1ccccc1)c1ccccc1)[C](F)(F)C(F)(F)C(F)(F)C(F)(F)F. The van der Waals surface area contributed by atoms with Gasteiger partial charge in [-0.05, 0) is 0 Å². The summed E-state index contributed by atoms with van der Waals surface area (Å²) in [5, 5.41) is 0. The average molecular weight is 754 g/mol. The predicted molar refractivity (Wildman–Crippen MR) is 108 cm³/mol. The van der Waals surface area contributed by atoms with Gasteiger partial charge in [0.1, 0.15) is 0 Å². The van der Waals surface area contributed by atoms with E-state index in [4.69, 9.17) is 0 Å². The summed E-state index contributed by atoms with van der Waals surface area (Å²) in [6.07, 6.45) is -15.3. The fraction of sp³-hybridized carbons (Fsp3) is 0.455. The summed E-state index contributed by atoms with van der Waals surface area (Å²) in [4.78, 5) is 0. The van der Waals surface area contributed by atoms with Crippen LogP contribution in [0.5, 0.6) is 0 Å². The normalized spacial score (nSPS) is 15.0. The van der Waals surface area contributed by atoms with Gasteiger partial charge in [-0.15, -0.1) is 0 Å². The summed E-state index contributed by atoms with van der Waals surface area (Å²) in [7, 11) is 0. The van der Waals surface area contributed by atoms with Gasteiger partial charge in [-0.25, -0.2) is 0 Å². The van der Waals surface area contributed by atoms with Crippen LogP contribution in [0.25, 0.3) is 0 Å². The zero-order chi connectivity index (χ0) is 32.8. The number of rotatable bonds is 11. The van der Waals surface area contributed by atoms with Crippen LogP contribution in [0.15, 0.2) is 60.7 Å². The third kappa shape index (κ3) is 5.99. The molecule has 2 aromatic rings. The molecule has 0 bridgehead atoms. The van der Waals surface area contributed by atoms with Crippen molar-refractivity contribution in [3.05, 3.63) is 71.8 Å². The van der Waals surface area contributed by atoms with Crippen LogP contribution in [0.1, 0.15) is 17.0 Å². The van der Waals surface area contributed by atoms with E-state index in [0.717, 1.165) is 24.3 Å². The summed E-state index contributed by atoms with van der Waals surface area (Å²) in [6.45, 7) is -1.95. The first-order chi connectivity index (χ1) is 18.7. The van der Waals surface area contributed by atoms with E-state index in [-0.39, 0.29) is 11.1 Å². The second-order valence-corrected chi connectivity index (χ2v) is 14.7. The molecule has 1 nitrogen and oxygen atoms in total. The molecular formula is C22H13F18OSn. The summed E-state index contributed by atoms with van der Waals surface area (Å²) in [5.74, 6) is -33.9. The maximum absolute atomic E-state index is 14.8. The molecule has 0 aliphatic heterocycles. The van der Waals surface area contributed by atoms with Crippen LogP contribution in [0.4, 0.5) is 79.0 Å². The molecule has 0 unspecified atom stereocenters. The quantitative estimate of drug-likeness (QED) is 0.165. The molecule has 0 saturated carbocycles. The Morgan fingerprint density at radius 3 is 1.00 bits per heavy atom. The van der Waals surface area contributed by atoms with Crippen LogP contribution in [0.2, 0.25) is 0 Å². The first-order valence-corrected chi connectivity index (χ1v) is 14.7. The van der Waals surface area contributed by atoms with Crippen LogP contribution < -0.4 is 0 Å². The van der Waals surface area contributed by atoms with Crippen molar-refractivity contribution in [2.45, 2.75) is 49.8 Å². The van der Waals surface area contributed by atoms with E-state index in [1.54, 1.807) is 0 Å². The molecule has 0 fully saturated rings. The first-order valence-electron chi connectivity index (χ1n) is 10.7. The van der Waals surface area contributed by atoms with E-state index in [9.17, 15) is 79.0 Å². The number of benzene rings is 2. The molecule has 0 aliphatic rings. The molecule has 0 amide bonds. The third-order valence-corrected chi connectivity index (χ3v) is 12.0. The van der Waals surface area contributed by atoms with Crippen LogP contribution in [-0.4, -0.2) is 70.7 Å². The van der Waals surface area contributed by atoms with Gasteiger partial charge in [0, 0.05) is 0 Å². The predicted octanol–water partition coefficient (Wildman–Crippen LogP) is 8.84. The van der Waals surface area contributed by atoms with E-state index < -0.39 is 76.6 Å². The van der Waals surface area contributed by atoms with Crippen molar-refractivity contribution in [2.75, 3.05) is 6.61 Å². The molecule has 0 N–H and O–H groups in total. The zero-order valence-corrected chi connectivity index (χ0v) is 22.6. The summed E-state index contributed by atoms with van der Waals surface area (Å²) in [6, 6.07) is 11.6. The average Bonchev–Trinajstić information content (AvgIpc) is 2.85. The number of hydrogen-bond donors (Lipinski definition) is 0. The van der Waals surface area contributed by atoms with Crippen molar-refractivity contribution in [2.24, 2.45) is 0 Å². The first kappa shape index (κ1) is 36.1. The Hall–Kier alpha value is -2.06. The molecule has 2 aromatic carbocycles. The number of hydrogen-bond acceptors (Lipinski definition) is 1. The Bertz CT molecular complexity index is 1090. The third-order valence-electron chi connectivity index (χ3n) is 5.66. The van der Waals surface area contributed by atoms with Crippen LogP contribution >= 0.6 is 0 Å². The molecule has 0 saturated heterocycles. The molecule has 0 aromatic heterocycles. The van der Waals surface area contributed by atoms with E-state index >= 15 is 0 Å². The van der Waals surface area contributed by atoms with E-state index in [1.165, 1.54) is 36.4 Å². The van der Waals surface area contributed by atoms with Crippen molar-refractivity contribution in [1.82, 2.24) is 0 Å². The molecule has 2 rings (SSSR count). The Labute approximate surface area is 230 Å². The van der Waals surface area contributed by atoms with Gasteiger partial charge in [0.15, 0.2) is 0 Å². The van der Waals surface area contributed by atoms with Gasteiger partial charge >= 0.3 is 231 Å². The minimum atomic E-state index is -9.02. The van der Waals surface area contributed by atoms with E-state index in [0.29, 0.717) is 0 Å². The standard InChI is InChI=1S/C14H13O.2C4F9.Sn/c15-11-14(12-7-3-1-4-8-12)13-9-5-2-6-10-13;2*5-1(6)2(7,8)3(9,10)4(11,12)13;/h1-10,14H,11H2;;;/q-1;;;+1. The van der Waals surface area contributed by atoms with Gasteiger partial charge < -0.3 is 0 Å². The second kappa shape index (κ2) is 11.5. The van der Waals surface area contributed by atoms with Crippen molar-refractivity contribution in [3.8, 4) is 0 Å². The van der Waals surface area contributed by atoms with Gasteiger partial charge in [-0.2, -0.15) is 0 Å². The fourth-order valence-electron chi connectivity index (χ4n) is 3.34. The Balaban J connectivity index is 2.80. The van der Waals surface area contributed by atoms with Crippen LogP contribution in [-0.2, 0) is 3.07 Å². The van der Waals surface area contributed by atoms with E-state index in [2.05, 4.69) is 3.07 Å². The maximum atomic E-state index is 14.8. The topological polar surface area (TPSA) is 9.23 Å². The molecule has 0 atom stereocenters. The molecule has 237 valence electrons. The second-order valence-electron chi connectivity index (χ2n) is 8.46. The van der Waals surface area contributed by atoms with Crippen molar-refractivity contribution >= 4 is 20.2 Å². The van der Waals surface area contributed by atoms with Crippen molar-refractivity contribution in [1.29, 1.82) is 0 Å². The molecule has 0 heterocycles. The number of halogens is 18. The summed E-state index contributed by atoms with van der Waals surface area (Å²) >= 11 is -9.02. The van der Waals surface area contributed by atoms with Gasteiger partial charge in [-0.3, -0.25) is 0 Å². The Morgan fingerprint density at radius 2 is 0.738 bits per heavy atom. The molecule has 42 heavy (non-hydrogen) atoms. The van der Waals surface area contributed by atoms with Crippen LogP contribution in [0.3, 0.4) is 0 Å². The van der Waals surface area contributed by atoms with Gasteiger partial charge in [0.05, 0.1) is 0 Å². The van der Waals surface area contributed by atoms with Gasteiger partial charge in [0.25, 0.3) is 0 Å². The molecule has 20 heteroatoms. The molecular weight excluding hydrogens is 741 g/mol. The minimum absolute atomic E-state index is 0.183. The Kier molecular flexibility index (Phi) is 9.86. The van der Waals surface area contributed by atoms with Crippen molar-refractivity contribution in [3.63, 3.8) is 0 Å². The van der Waals surface area contributed by atoms with Gasteiger partial charge in [-0.1, -0.05) is 0 Å². The van der Waals surface area contributed by atoms with E-state index in [1.807, 2.05) is 0 Å². The number of alkyl halides is 18. The van der Waals surface area contributed by atoms with Gasteiger partial charge in [0.2, 0.25) is 0 Å². The monoisotopic (exact) mass is 755 g/mol. The Morgan fingerprint density at radius 1 is 0.452 bits per heavy atom. The summed E-state index contributed by atoms with van der Waals surface area (Å²) < 4.78 is 233.